The lowest BCUT2D eigenvalue weighted by atomic mass is 9.83. The molecule has 1 saturated heterocycles. The minimum atomic E-state index is -1.39. The van der Waals surface area contributed by atoms with Crippen molar-refractivity contribution in [1.82, 2.24) is 4.90 Å². The van der Waals surface area contributed by atoms with E-state index < -0.39 is 35.4 Å². The number of likely N-dealkylation sites (tertiary alicyclic amines) is 1. The second-order valence-corrected chi connectivity index (χ2v) is 8.62. The van der Waals surface area contributed by atoms with Gasteiger partial charge in [0.25, 0.3) is 0 Å². The quantitative estimate of drug-likeness (QED) is 0.828. The van der Waals surface area contributed by atoms with Crippen molar-refractivity contribution in [3.05, 3.63) is 29.8 Å². The Labute approximate surface area is 165 Å². The average Bonchev–Trinajstić information content (AvgIpc) is 3.42. The molecule has 1 heterocycles. The molecule has 1 aromatic carbocycles. The van der Waals surface area contributed by atoms with Crippen LogP contribution in [0.5, 0.6) is 5.75 Å². The fraction of sp³-hybridized carbons (Fsp3) is 0.667. The van der Waals surface area contributed by atoms with Crippen LogP contribution in [0.2, 0.25) is 0 Å². The van der Waals surface area contributed by atoms with Gasteiger partial charge in [-0.2, -0.15) is 0 Å². The molecule has 1 aliphatic heterocycles. The minimum absolute atomic E-state index is 0.0846. The molecule has 1 aromatic rings. The van der Waals surface area contributed by atoms with E-state index in [0.29, 0.717) is 12.8 Å². The lowest BCUT2D eigenvalue weighted by Crippen LogP contribution is -2.62. The number of aliphatic hydroxyl groups excluding tert-OH is 1. The number of alkyl halides is 1. The minimum Gasteiger partial charge on any atom is -0.497 e. The molecule has 0 radical (unpaired) electrons. The van der Waals surface area contributed by atoms with Gasteiger partial charge in [0, 0.05) is 5.92 Å². The Morgan fingerprint density at radius 3 is 2.43 bits per heavy atom. The molecular formula is C21H30FNO5. The van der Waals surface area contributed by atoms with Crippen molar-refractivity contribution in [1.29, 1.82) is 0 Å². The van der Waals surface area contributed by atoms with Crippen LogP contribution in [-0.2, 0) is 16.1 Å². The molecule has 0 bridgehead atoms. The van der Waals surface area contributed by atoms with E-state index in [1.165, 1.54) is 4.90 Å². The van der Waals surface area contributed by atoms with Gasteiger partial charge >= 0.3 is 6.09 Å². The first-order valence-corrected chi connectivity index (χ1v) is 9.70. The lowest BCUT2D eigenvalue weighted by molar-refractivity contribution is -0.129. The van der Waals surface area contributed by atoms with Crippen molar-refractivity contribution >= 4 is 6.09 Å². The number of methoxy groups -OCH3 is 1. The molecule has 3 atom stereocenters. The Balaban J connectivity index is 1.71. The molecule has 6 nitrogen and oxygen atoms in total. The molecule has 0 unspecified atom stereocenters. The number of hydrogen-bond acceptors (Lipinski definition) is 5. The predicted octanol–water partition coefficient (Wildman–Crippen LogP) is 3.31. The topological polar surface area (TPSA) is 68.2 Å². The van der Waals surface area contributed by atoms with E-state index in [4.69, 9.17) is 14.2 Å². The molecule has 1 N–H and O–H groups in total. The molecule has 7 heteroatoms. The third kappa shape index (κ3) is 4.25. The Kier molecular flexibility index (Phi) is 5.87. The summed E-state index contributed by atoms with van der Waals surface area (Å²) in [5, 5.41) is 10.0. The van der Waals surface area contributed by atoms with E-state index in [1.54, 1.807) is 27.9 Å². The highest BCUT2D eigenvalue weighted by molar-refractivity contribution is 5.70. The molecular weight excluding hydrogens is 365 g/mol. The summed E-state index contributed by atoms with van der Waals surface area (Å²) in [5.74, 6) is 0.255. The molecule has 28 heavy (non-hydrogen) atoms. The number of halogens is 1. The number of ether oxygens (including phenoxy) is 3. The van der Waals surface area contributed by atoms with Gasteiger partial charge in [-0.05, 0) is 51.3 Å². The molecule has 2 fully saturated rings. The van der Waals surface area contributed by atoms with Crippen LogP contribution in [-0.4, -0.2) is 59.8 Å². The maximum Gasteiger partial charge on any atom is 0.410 e. The number of aliphatic hydroxyl groups is 1. The zero-order valence-corrected chi connectivity index (χ0v) is 17.0. The summed E-state index contributed by atoms with van der Waals surface area (Å²) in [4.78, 5) is 14.1. The van der Waals surface area contributed by atoms with Crippen LogP contribution in [0, 0.1) is 5.92 Å². The zero-order chi connectivity index (χ0) is 20.5. The van der Waals surface area contributed by atoms with E-state index in [1.807, 2.05) is 24.3 Å². The molecule has 1 aliphatic carbocycles. The summed E-state index contributed by atoms with van der Waals surface area (Å²) in [6, 6.07) is 7.37. The van der Waals surface area contributed by atoms with Gasteiger partial charge in [-0.15, -0.1) is 0 Å². The van der Waals surface area contributed by atoms with Gasteiger partial charge in [-0.1, -0.05) is 12.1 Å². The predicted molar refractivity (Wildman–Crippen MR) is 102 cm³/mol. The van der Waals surface area contributed by atoms with Crippen LogP contribution in [0.4, 0.5) is 9.18 Å². The summed E-state index contributed by atoms with van der Waals surface area (Å²) in [6.45, 7) is 5.25. The fourth-order valence-corrected chi connectivity index (χ4v) is 3.97. The first-order valence-electron chi connectivity index (χ1n) is 9.70. The first kappa shape index (κ1) is 20.9. The summed E-state index contributed by atoms with van der Waals surface area (Å²) in [5.41, 5.74) is -0.344. The highest BCUT2D eigenvalue weighted by Crippen LogP contribution is 2.53. The summed E-state index contributed by atoms with van der Waals surface area (Å²) in [6.07, 6.45) is -1.26. The van der Waals surface area contributed by atoms with Gasteiger partial charge in [0.1, 0.15) is 17.5 Å². The van der Waals surface area contributed by atoms with Gasteiger partial charge in [-0.25, -0.2) is 9.18 Å². The maximum absolute atomic E-state index is 15.0. The van der Waals surface area contributed by atoms with Gasteiger partial charge in [0.15, 0.2) is 0 Å². The fourth-order valence-electron chi connectivity index (χ4n) is 3.97. The maximum atomic E-state index is 15.0. The van der Waals surface area contributed by atoms with Crippen molar-refractivity contribution < 1.29 is 28.5 Å². The zero-order valence-electron chi connectivity index (χ0n) is 17.0. The van der Waals surface area contributed by atoms with Crippen LogP contribution in [0.1, 0.15) is 39.2 Å². The second kappa shape index (κ2) is 7.87. The molecule has 1 spiro atoms. The summed E-state index contributed by atoms with van der Waals surface area (Å²) >= 11 is 0. The van der Waals surface area contributed by atoms with Crippen LogP contribution in [0.25, 0.3) is 0 Å². The van der Waals surface area contributed by atoms with Crippen molar-refractivity contribution in [2.75, 3.05) is 20.3 Å². The number of carbonyl (C=O) groups is 1. The van der Waals surface area contributed by atoms with Crippen molar-refractivity contribution in [3.8, 4) is 5.75 Å². The Bertz CT molecular complexity index is 683. The van der Waals surface area contributed by atoms with Crippen molar-refractivity contribution in [3.63, 3.8) is 0 Å². The van der Waals surface area contributed by atoms with E-state index in [-0.39, 0.29) is 19.8 Å². The normalized spacial score (nSPS) is 26.2. The molecule has 3 rings (SSSR count). The van der Waals surface area contributed by atoms with Crippen LogP contribution < -0.4 is 4.74 Å². The number of amides is 1. The summed E-state index contributed by atoms with van der Waals surface area (Å²) in [7, 11) is 1.60. The molecule has 1 saturated carbocycles. The first-order chi connectivity index (χ1) is 13.2. The van der Waals surface area contributed by atoms with E-state index in [9.17, 15) is 9.90 Å². The van der Waals surface area contributed by atoms with Crippen LogP contribution in [0.15, 0.2) is 24.3 Å². The molecule has 156 valence electrons. The number of piperidine rings is 1. The summed E-state index contributed by atoms with van der Waals surface area (Å²) < 4.78 is 31.5. The van der Waals surface area contributed by atoms with E-state index in [2.05, 4.69) is 0 Å². The largest absolute Gasteiger partial charge is 0.497 e. The Morgan fingerprint density at radius 2 is 1.93 bits per heavy atom. The standard InChI is InChI=1S/C21H30FNO5/c1-20(2,3)28-19(25)23-11-17(22)18(16(12-24)21(23)9-10-21)27-13-14-5-7-15(26-4)8-6-14/h5-8,16-18,24H,9-13H2,1-4H3/t16-,17-,18-/m1/s1. The molecule has 0 aromatic heterocycles. The van der Waals surface area contributed by atoms with Crippen LogP contribution in [0.3, 0.4) is 0 Å². The lowest BCUT2D eigenvalue weighted by Gasteiger charge is -2.47. The number of nitrogens with zero attached hydrogens (tertiary/aromatic N) is 1. The highest BCUT2D eigenvalue weighted by atomic mass is 19.1. The number of benzene rings is 1. The number of rotatable bonds is 5. The van der Waals surface area contributed by atoms with E-state index >= 15 is 4.39 Å². The van der Waals surface area contributed by atoms with E-state index in [0.717, 1.165) is 11.3 Å². The Hall–Kier alpha value is -1.86. The monoisotopic (exact) mass is 395 g/mol. The van der Waals surface area contributed by atoms with Crippen molar-refractivity contribution in [2.45, 2.75) is 63.6 Å². The van der Waals surface area contributed by atoms with Gasteiger partial charge in [0.05, 0.1) is 38.5 Å². The molecule has 1 amide bonds. The average molecular weight is 395 g/mol. The second-order valence-electron chi connectivity index (χ2n) is 8.62. The smallest absolute Gasteiger partial charge is 0.410 e. The number of hydrogen-bond donors (Lipinski definition) is 1. The third-order valence-electron chi connectivity index (χ3n) is 5.51. The third-order valence-corrected chi connectivity index (χ3v) is 5.51. The molecule has 2 aliphatic rings. The van der Waals surface area contributed by atoms with Gasteiger partial charge < -0.3 is 19.3 Å². The SMILES string of the molecule is COc1ccc(CO[C@H]2[C@H](F)CN(C(=O)OC(C)(C)C)C3(CC3)[C@@H]2CO)cc1. The highest BCUT2D eigenvalue weighted by Gasteiger charge is 2.63. The van der Waals surface area contributed by atoms with Crippen LogP contribution >= 0.6 is 0 Å². The number of carbonyl (C=O) groups excluding carboxylic acids is 1. The van der Waals surface area contributed by atoms with Gasteiger partial charge in [-0.3, -0.25) is 4.90 Å². The van der Waals surface area contributed by atoms with Crippen molar-refractivity contribution in [2.24, 2.45) is 5.92 Å². The Morgan fingerprint density at radius 1 is 1.29 bits per heavy atom. The van der Waals surface area contributed by atoms with Gasteiger partial charge in [0.2, 0.25) is 0 Å².